The van der Waals surface area contributed by atoms with E-state index in [2.05, 4.69) is 17.2 Å². The third-order valence-electron chi connectivity index (χ3n) is 2.47. The fourth-order valence-corrected chi connectivity index (χ4v) is 2.46. The molecule has 1 unspecified atom stereocenters. The van der Waals surface area contributed by atoms with Gasteiger partial charge in [0.05, 0.1) is 6.61 Å². The molecule has 1 heterocycles. The highest BCUT2D eigenvalue weighted by molar-refractivity contribution is 8.14. The maximum atomic E-state index is 5.40. The van der Waals surface area contributed by atoms with E-state index in [4.69, 9.17) is 4.74 Å². The standard InChI is InChI=1S/C13H18N2OS/c1-3-16-12-6-4-11(5-7-12)15-13-14-8-10(2)9-17-13/h4-7,10H,3,8-9H2,1-2H3,(H,14,15). The summed E-state index contributed by atoms with van der Waals surface area (Å²) in [4.78, 5) is 4.50. The van der Waals surface area contributed by atoms with E-state index in [1.54, 1.807) is 11.8 Å². The van der Waals surface area contributed by atoms with E-state index in [0.717, 1.165) is 28.9 Å². The van der Waals surface area contributed by atoms with Crippen LogP contribution in [-0.2, 0) is 0 Å². The van der Waals surface area contributed by atoms with E-state index in [0.29, 0.717) is 12.5 Å². The molecule has 1 aromatic carbocycles. The van der Waals surface area contributed by atoms with E-state index in [1.165, 1.54) is 0 Å². The summed E-state index contributed by atoms with van der Waals surface area (Å²) in [6.07, 6.45) is 0. The number of nitrogens with zero attached hydrogens (tertiary/aromatic N) is 1. The number of ether oxygens (including phenoxy) is 1. The van der Waals surface area contributed by atoms with Crippen molar-refractivity contribution in [2.24, 2.45) is 10.9 Å². The van der Waals surface area contributed by atoms with Crippen LogP contribution < -0.4 is 10.1 Å². The van der Waals surface area contributed by atoms with Crippen LogP contribution in [0.25, 0.3) is 0 Å². The van der Waals surface area contributed by atoms with Gasteiger partial charge in [0.2, 0.25) is 0 Å². The topological polar surface area (TPSA) is 33.6 Å². The Labute approximate surface area is 107 Å². The van der Waals surface area contributed by atoms with Gasteiger partial charge in [0.25, 0.3) is 0 Å². The van der Waals surface area contributed by atoms with Gasteiger partial charge in [0, 0.05) is 18.0 Å². The summed E-state index contributed by atoms with van der Waals surface area (Å²) in [5.74, 6) is 2.74. The average Bonchev–Trinajstić information content (AvgIpc) is 2.35. The molecule has 0 spiro atoms. The summed E-state index contributed by atoms with van der Waals surface area (Å²) in [5.41, 5.74) is 1.06. The fourth-order valence-electron chi connectivity index (χ4n) is 1.56. The Morgan fingerprint density at radius 3 is 2.76 bits per heavy atom. The highest BCUT2D eigenvalue weighted by Gasteiger charge is 2.11. The fraction of sp³-hybridized carbons (Fsp3) is 0.462. The maximum absolute atomic E-state index is 5.40. The van der Waals surface area contributed by atoms with Crippen molar-refractivity contribution in [3.8, 4) is 5.75 Å². The summed E-state index contributed by atoms with van der Waals surface area (Å²) in [5, 5.41) is 4.35. The molecule has 1 aliphatic rings. The molecule has 0 aromatic heterocycles. The van der Waals surface area contributed by atoms with Crippen LogP contribution in [0.1, 0.15) is 13.8 Å². The quantitative estimate of drug-likeness (QED) is 0.894. The van der Waals surface area contributed by atoms with Gasteiger partial charge >= 0.3 is 0 Å². The van der Waals surface area contributed by atoms with Crippen molar-refractivity contribution >= 4 is 22.6 Å². The SMILES string of the molecule is CCOc1ccc(NC2=NCC(C)CS2)cc1. The first-order valence-corrected chi connectivity index (χ1v) is 6.93. The van der Waals surface area contributed by atoms with Crippen LogP contribution in [0.5, 0.6) is 5.75 Å². The Balaban J connectivity index is 1.94. The molecule has 17 heavy (non-hydrogen) atoms. The summed E-state index contributed by atoms with van der Waals surface area (Å²) < 4.78 is 5.40. The lowest BCUT2D eigenvalue weighted by Gasteiger charge is -2.17. The van der Waals surface area contributed by atoms with Crippen LogP contribution in [0.15, 0.2) is 29.3 Å². The van der Waals surface area contributed by atoms with Gasteiger partial charge in [0.1, 0.15) is 5.75 Å². The van der Waals surface area contributed by atoms with Gasteiger partial charge < -0.3 is 10.1 Å². The molecule has 4 heteroatoms. The lowest BCUT2D eigenvalue weighted by Crippen LogP contribution is -2.18. The van der Waals surface area contributed by atoms with Gasteiger partial charge in [-0.25, -0.2) is 0 Å². The van der Waals surface area contributed by atoms with Crippen LogP contribution in [0, 0.1) is 5.92 Å². The lowest BCUT2D eigenvalue weighted by molar-refractivity contribution is 0.340. The van der Waals surface area contributed by atoms with Gasteiger partial charge in [-0.05, 0) is 37.1 Å². The van der Waals surface area contributed by atoms with Gasteiger partial charge in [-0.15, -0.1) is 0 Å². The van der Waals surface area contributed by atoms with Crippen molar-refractivity contribution in [1.29, 1.82) is 0 Å². The largest absolute Gasteiger partial charge is 0.494 e. The summed E-state index contributed by atoms with van der Waals surface area (Å²) in [6, 6.07) is 7.99. The average molecular weight is 250 g/mol. The van der Waals surface area contributed by atoms with Crippen molar-refractivity contribution < 1.29 is 4.74 Å². The molecule has 1 aromatic rings. The number of aliphatic imine (C=N–C) groups is 1. The van der Waals surface area contributed by atoms with Gasteiger partial charge in [-0.1, -0.05) is 18.7 Å². The molecule has 0 saturated heterocycles. The number of amidine groups is 1. The second-order valence-electron chi connectivity index (χ2n) is 4.14. The molecule has 2 rings (SSSR count). The van der Waals surface area contributed by atoms with Crippen LogP contribution in [-0.4, -0.2) is 24.1 Å². The first-order chi connectivity index (χ1) is 8.28. The second kappa shape index (κ2) is 5.96. The van der Waals surface area contributed by atoms with Crippen molar-refractivity contribution in [2.45, 2.75) is 13.8 Å². The Kier molecular flexibility index (Phi) is 4.31. The van der Waals surface area contributed by atoms with Gasteiger partial charge in [-0.2, -0.15) is 0 Å². The van der Waals surface area contributed by atoms with E-state index < -0.39 is 0 Å². The molecule has 3 nitrogen and oxygen atoms in total. The van der Waals surface area contributed by atoms with Crippen molar-refractivity contribution in [2.75, 3.05) is 24.2 Å². The highest BCUT2D eigenvalue weighted by Crippen LogP contribution is 2.21. The highest BCUT2D eigenvalue weighted by atomic mass is 32.2. The van der Waals surface area contributed by atoms with Crippen LogP contribution in [0.2, 0.25) is 0 Å². The Bertz CT molecular complexity index is 389. The summed E-state index contributed by atoms with van der Waals surface area (Å²) in [6.45, 7) is 5.84. The third kappa shape index (κ3) is 3.66. The number of rotatable bonds is 3. The van der Waals surface area contributed by atoms with E-state index in [-0.39, 0.29) is 0 Å². The second-order valence-corrected chi connectivity index (χ2v) is 5.15. The number of benzene rings is 1. The zero-order valence-electron chi connectivity index (χ0n) is 10.3. The number of nitrogens with one attached hydrogen (secondary N) is 1. The van der Waals surface area contributed by atoms with Gasteiger partial charge in [0.15, 0.2) is 5.17 Å². The minimum atomic E-state index is 0.686. The maximum Gasteiger partial charge on any atom is 0.161 e. The first-order valence-electron chi connectivity index (χ1n) is 5.95. The number of hydrogen-bond donors (Lipinski definition) is 1. The Morgan fingerprint density at radius 2 is 2.18 bits per heavy atom. The molecule has 0 radical (unpaired) electrons. The molecule has 0 fully saturated rings. The molecule has 0 amide bonds. The van der Waals surface area contributed by atoms with Crippen molar-refractivity contribution in [3.63, 3.8) is 0 Å². The molecular formula is C13H18N2OS. The van der Waals surface area contributed by atoms with E-state index in [9.17, 15) is 0 Å². The zero-order valence-corrected chi connectivity index (χ0v) is 11.1. The van der Waals surface area contributed by atoms with Crippen LogP contribution in [0.4, 0.5) is 5.69 Å². The Hall–Kier alpha value is -1.16. The summed E-state index contributed by atoms with van der Waals surface area (Å²) in [7, 11) is 0. The third-order valence-corrected chi connectivity index (χ3v) is 3.71. The van der Waals surface area contributed by atoms with Crippen LogP contribution >= 0.6 is 11.8 Å². The van der Waals surface area contributed by atoms with Crippen LogP contribution in [0.3, 0.4) is 0 Å². The van der Waals surface area contributed by atoms with Crippen molar-refractivity contribution in [3.05, 3.63) is 24.3 Å². The predicted octanol–water partition coefficient (Wildman–Crippen LogP) is 3.24. The molecule has 1 atom stereocenters. The first kappa shape index (κ1) is 12.3. The smallest absolute Gasteiger partial charge is 0.161 e. The molecular weight excluding hydrogens is 232 g/mol. The minimum Gasteiger partial charge on any atom is -0.494 e. The summed E-state index contributed by atoms with van der Waals surface area (Å²) >= 11 is 1.79. The number of hydrogen-bond acceptors (Lipinski definition) is 4. The van der Waals surface area contributed by atoms with Crippen molar-refractivity contribution in [1.82, 2.24) is 0 Å². The molecule has 1 N–H and O–H groups in total. The molecule has 0 aliphatic carbocycles. The van der Waals surface area contributed by atoms with Gasteiger partial charge in [-0.3, -0.25) is 4.99 Å². The minimum absolute atomic E-state index is 0.686. The predicted molar refractivity (Wildman–Crippen MR) is 75.2 cm³/mol. The lowest BCUT2D eigenvalue weighted by atomic mass is 10.2. The Morgan fingerprint density at radius 1 is 1.41 bits per heavy atom. The molecule has 1 aliphatic heterocycles. The zero-order chi connectivity index (χ0) is 12.1. The monoisotopic (exact) mass is 250 g/mol. The molecule has 0 bridgehead atoms. The molecule has 0 saturated carbocycles. The van der Waals surface area contributed by atoms with E-state index >= 15 is 0 Å². The number of anilines is 1. The van der Waals surface area contributed by atoms with E-state index in [1.807, 2.05) is 31.2 Å². The number of thioether (sulfide) groups is 1. The molecule has 92 valence electrons. The normalized spacial score (nSPS) is 19.6.